The Labute approximate surface area is 136 Å². The lowest BCUT2D eigenvalue weighted by Gasteiger charge is -2.35. The number of hydrogen-bond donors (Lipinski definition) is 0. The van der Waals surface area contributed by atoms with Gasteiger partial charge < -0.3 is 4.90 Å². The molecule has 122 valence electrons. The van der Waals surface area contributed by atoms with Crippen molar-refractivity contribution in [3.8, 4) is 0 Å². The minimum Gasteiger partial charge on any atom is -0.302 e. The zero-order valence-corrected chi connectivity index (χ0v) is 14.4. The van der Waals surface area contributed by atoms with Crippen LogP contribution in [-0.4, -0.2) is 42.5 Å². The van der Waals surface area contributed by atoms with Crippen LogP contribution in [0.15, 0.2) is 24.3 Å². The van der Waals surface area contributed by atoms with E-state index < -0.39 is 0 Å². The molecule has 0 bridgehead atoms. The molecule has 22 heavy (non-hydrogen) atoms. The predicted molar refractivity (Wildman–Crippen MR) is 94.2 cm³/mol. The highest BCUT2D eigenvalue weighted by Gasteiger charge is 2.27. The second kappa shape index (κ2) is 7.61. The average Bonchev–Trinajstić information content (AvgIpc) is 2.78. The van der Waals surface area contributed by atoms with Gasteiger partial charge in [0, 0.05) is 25.7 Å². The van der Waals surface area contributed by atoms with Gasteiger partial charge in [-0.05, 0) is 62.2 Å². The largest absolute Gasteiger partial charge is 0.302 e. The van der Waals surface area contributed by atoms with Crippen molar-refractivity contribution in [2.45, 2.75) is 52.0 Å². The first-order valence-electron chi connectivity index (χ1n) is 9.28. The molecule has 2 nitrogen and oxygen atoms in total. The molecular formula is C20H32N2. The van der Waals surface area contributed by atoms with Crippen molar-refractivity contribution in [3.05, 3.63) is 35.4 Å². The maximum absolute atomic E-state index is 2.77. The molecule has 0 radical (unpaired) electrons. The summed E-state index contributed by atoms with van der Waals surface area (Å²) in [5, 5.41) is 0. The van der Waals surface area contributed by atoms with E-state index in [1.165, 1.54) is 64.8 Å². The lowest BCUT2D eigenvalue weighted by atomic mass is 9.87. The van der Waals surface area contributed by atoms with Crippen LogP contribution >= 0.6 is 0 Å². The summed E-state index contributed by atoms with van der Waals surface area (Å²) in [6.07, 6.45) is 6.66. The van der Waals surface area contributed by atoms with Gasteiger partial charge in [0.2, 0.25) is 0 Å². The Kier molecular flexibility index (Phi) is 5.54. The van der Waals surface area contributed by atoms with Crippen LogP contribution in [-0.2, 0) is 6.42 Å². The summed E-state index contributed by atoms with van der Waals surface area (Å²) in [4.78, 5) is 5.46. The summed E-state index contributed by atoms with van der Waals surface area (Å²) in [7, 11) is 0. The summed E-state index contributed by atoms with van der Waals surface area (Å²) in [6, 6.07) is 9.82. The molecule has 1 fully saturated rings. The zero-order valence-electron chi connectivity index (χ0n) is 14.4. The second-order valence-electron chi connectivity index (χ2n) is 7.52. The summed E-state index contributed by atoms with van der Waals surface area (Å²) in [5.41, 5.74) is 3.21. The van der Waals surface area contributed by atoms with Crippen LogP contribution in [0.1, 0.15) is 56.7 Å². The van der Waals surface area contributed by atoms with Crippen LogP contribution in [0, 0.1) is 5.92 Å². The molecule has 0 aromatic heterocycles. The van der Waals surface area contributed by atoms with Gasteiger partial charge in [-0.2, -0.15) is 0 Å². The van der Waals surface area contributed by atoms with Crippen molar-refractivity contribution >= 4 is 0 Å². The molecule has 2 aliphatic rings. The quantitative estimate of drug-likeness (QED) is 0.825. The third-order valence-electron chi connectivity index (χ3n) is 5.42. The van der Waals surface area contributed by atoms with Crippen LogP contribution in [0.3, 0.4) is 0 Å². The normalized spacial score (nSPS) is 24.2. The molecule has 1 heterocycles. The van der Waals surface area contributed by atoms with Crippen LogP contribution in [0.25, 0.3) is 0 Å². The van der Waals surface area contributed by atoms with E-state index in [4.69, 9.17) is 0 Å². The van der Waals surface area contributed by atoms with Crippen molar-refractivity contribution in [1.82, 2.24) is 9.80 Å². The standard InChI is InChI=1S/C20H32N2/c1-17(2)11-14-21-12-6-13-22(16-15-21)20-10-5-8-18-7-3-4-9-19(18)20/h3-4,7,9,17,20H,5-6,8,10-16H2,1-2H3/t20-/m0/s1. The number of hydrogen-bond acceptors (Lipinski definition) is 2. The topological polar surface area (TPSA) is 6.48 Å². The first-order valence-corrected chi connectivity index (χ1v) is 9.28. The summed E-state index contributed by atoms with van der Waals surface area (Å²) in [6.45, 7) is 11.0. The number of aryl methyl sites for hydroxylation is 1. The Morgan fingerprint density at radius 1 is 1.05 bits per heavy atom. The predicted octanol–water partition coefficient (Wildman–Crippen LogP) is 4.12. The lowest BCUT2D eigenvalue weighted by Crippen LogP contribution is -2.35. The highest BCUT2D eigenvalue weighted by molar-refractivity contribution is 5.32. The fourth-order valence-electron chi connectivity index (χ4n) is 4.07. The first-order chi connectivity index (χ1) is 10.7. The van der Waals surface area contributed by atoms with Crippen LogP contribution in [0.2, 0.25) is 0 Å². The maximum atomic E-state index is 2.77. The van der Waals surface area contributed by atoms with Gasteiger partial charge >= 0.3 is 0 Å². The molecular weight excluding hydrogens is 268 g/mol. The number of fused-ring (bicyclic) bond motifs is 1. The van der Waals surface area contributed by atoms with Gasteiger partial charge in [-0.1, -0.05) is 38.1 Å². The van der Waals surface area contributed by atoms with Gasteiger partial charge in [-0.15, -0.1) is 0 Å². The molecule has 0 unspecified atom stereocenters. The van der Waals surface area contributed by atoms with Gasteiger partial charge in [0.15, 0.2) is 0 Å². The molecule has 1 aliphatic carbocycles. The molecule has 0 spiro atoms. The second-order valence-corrected chi connectivity index (χ2v) is 7.52. The molecule has 0 saturated carbocycles. The van der Waals surface area contributed by atoms with E-state index in [1.54, 1.807) is 11.1 Å². The van der Waals surface area contributed by atoms with Crippen LogP contribution < -0.4 is 0 Å². The van der Waals surface area contributed by atoms with Crippen LogP contribution in [0.5, 0.6) is 0 Å². The van der Waals surface area contributed by atoms with Crippen molar-refractivity contribution in [1.29, 1.82) is 0 Å². The molecule has 1 aromatic rings. The van der Waals surface area contributed by atoms with E-state index in [9.17, 15) is 0 Å². The fraction of sp³-hybridized carbons (Fsp3) is 0.700. The van der Waals surface area contributed by atoms with Gasteiger partial charge in [0.05, 0.1) is 0 Å². The lowest BCUT2D eigenvalue weighted by molar-refractivity contribution is 0.180. The van der Waals surface area contributed by atoms with E-state index in [-0.39, 0.29) is 0 Å². The van der Waals surface area contributed by atoms with Gasteiger partial charge in [-0.25, -0.2) is 0 Å². The minimum absolute atomic E-state index is 0.676. The Hall–Kier alpha value is -0.860. The SMILES string of the molecule is CC(C)CCN1CCCN([C@H]2CCCc3ccccc32)CC1. The monoisotopic (exact) mass is 300 g/mol. The van der Waals surface area contributed by atoms with Gasteiger partial charge in [-0.3, -0.25) is 4.90 Å². The third kappa shape index (κ3) is 3.91. The van der Waals surface area contributed by atoms with Crippen molar-refractivity contribution in [2.75, 3.05) is 32.7 Å². The highest BCUT2D eigenvalue weighted by atomic mass is 15.2. The Bertz CT molecular complexity index is 469. The molecule has 1 aromatic carbocycles. The summed E-state index contributed by atoms with van der Waals surface area (Å²) < 4.78 is 0. The van der Waals surface area contributed by atoms with Gasteiger partial charge in [0.1, 0.15) is 0 Å². The number of benzene rings is 1. The molecule has 0 N–H and O–H groups in total. The molecule has 1 aliphatic heterocycles. The maximum Gasteiger partial charge on any atom is 0.0351 e. The minimum atomic E-state index is 0.676. The van der Waals surface area contributed by atoms with E-state index in [1.807, 2.05) is 0 Å². The summed E-state index contributed by atoms with van der Waals surface area (Å²) in [5.74, 6) is 0.824. The molecule has 1 saturated heterocycles. The van der Waals surface area contributed by atoms with Crippen molar-refractivity contribution < 1.29 is 0 Å². The van der Waals surface area contributed by atoms with E-state index in [2.05, 4.69) is 47.9 Å². The smallest absolute Gasteiger partial charge is 0.0351 e. The van der Waals surface area contributed by atoms with E-state index >= 15 is 0 Å². The first kappa shape index (κ1) is 16.0. The molecule has 3 rings (SSSR count). The number of nitrogens with zero attached hydrogens (tertiary/aromatic N) is 2. The Morgan fingerprint density at radius 2 is 1.91 bits per heavy atom. The van der Waals surface area contributed by atoms with Gasteiger partial charge in [0.25, 0.3) is 0 Å². The van der Waals surface area contributed by atoms with E-state index in [0.717, 1.165) is 5.92 Å². The fourth-order valence-corrected chi connectivity index (χ4v) is 4.07. The number of rotatable bonds is 4. The highest BCUT2D eigenvalue weighted by Crippen LogP contribution is 2.34. The average molecular weight is 300 g/mol. The van der Waals surface area contributed by atoms with E-state index in [0.29, 0.717) is 6.04 Å². The summed E-state index contributed by atoms with van der Waals surface area (Å²) >= 11 is 0. The third-order valence-corrected chi connectivity index (χ3v) is 5.42. The van der Waals surface area contributed by atoms with Crippen molar-refractivity contribution in [2.24, 2.45) is 5.92 Å². The molecule has 2 heteroatoms. The Balaban J connectivity index is 1.62. The van der Waals surface area contributed by atoms with Crippen molar-refractivity contribution in [3.63, 3.8) is 0 Å². The molecule has 0 amide bonds. The van der Waals surface area contributed by atoms with Crippen LogP contribution in [0.4, 0.5) is 0 Å². The molecule has 1 atom stereocenters. The zero-order chi connectivity index (χ0) is 15.4. The Morgan fingerprint density at radius 3 is 2.77 bits per heavy atom.